The van der Waals surface area contributed by atoms with Gasteiger partial charge < -0.3 is 14.4 Å². The van der Waals surface area contributed by atoms with E-state index in [4.69, 9.17) is 9.47 Å². The van der Waals surface area contributed by atoms with Crippen LogP contribution in [0, 0.1) is 5.92 Å². The number of carbonyl (C=O) groups excluding carboxylic acids is 3. The average molecular weight is 513 g/mol. The van der Waals surface area contributed by atoms with E-state index in [-0.39, 0.29) is 18.9 Å². The minimum Gasteiger partial charge on any atom is -0.467 e. The largest absolute Gasteiger partial charge is 0.467 e. The zero-order valence-corrected chi connectivity index (χ0v) is 21.4. The molecule has 0 radical (unpaired) electrons. The summed E-state index contributed by atoms with van der Waals surface area (Å²) in [6, 6.07) is 27.4. The van der Waals surface area contributed by atoms with Crippen molar-refractivity contribution < 1.29 is 23.9 Å². The average Bonchev–Trinajstić information content (AvgIpc) is 3.64. The molecule has 2 saturated heterocycles. The van der Waals surface area contributed by atoms with Crippen molar-refractivity contribution in [2.45, 2.75) is 43.5 Å². The Bertz CT molecular complexity index is 1270. The lowest BCUT2D eigenvalue weighted by atomic mass is 9.83. The highest BCUT2D eigenvalue weighted by Crippen LogP contribution is 2.46. The molecular weight excluding hydrogens is 480 g/mol. The Hall–Kier alpha value is -3.97. The van der Waals surface area contributed by atoms with Crippen LogP contribution in [0.3, 0.4) is 0 Å². The number of likely N-dealkylation sites (tertiary alicyclic amines) is 1. The maximum Gasteiger partial charge on any atom is 0.330 e. The molecule has 38 heavy (non-hydrogen) atoms. The van der Waals surface area contributed by atoms with Crippen LogP contribution in [0.4, 0.5) is 0 Å². The van der Waals surface area contributed by atoms with E-state index in [0.29, 0.717) is 19.4 Å². The normalized spacial score (nSPS) is 24.7. The monoisotopic (exact) mass is 512 g/mol. The molecule has 0 aromatic heterocycles. The number of ether oxygens (including phenoxy) is 2. The van der Waals surface area contributed by atoms with Crippen molar-refractivity contribution in [1.29, 1.82) is 0 Å². The van der Waals surface area contributed by atoms with Crippen molar-refractivity contribution in [3.05, 3.63) is 108 Å². The summed E-state index contributed by atoms with van der Waals surface area (Å²) in [5.41, 5.74) is 1.34. The number of nitrogens with one attached hydrogen (secondary N) is 1. The second-order valence-corrected chi connectivity index (χ2v) is 9.89. The van der Waals surface area contributed by atoms with Gasteiger partial charge in [-0.15, -0.1) is 0 Å². The number of benzene rings is 3. The van der Waals surface area contributed by atoms with E-state index in [9.17, 15) is 14.4 Å². The number of amides is 1. The number of rotatable bonds is 7. The second kappa shape index (κ2) is 11.2. The highest BCUT2D eigenvalue weighted by Gasteiger charge is 2.56. The van der Waals surface area contributed by atoms with Crippen LogP contribution in [0.5, 0.6) is 0 Å². The van der Waals surface area contributed by atoms with Gasteiger partial charge in [-0.2, -0.15) is 0 Å². The molecule has 7 nitrogen and oxygen atoms in total. The lowest BCUT2D eigenvalue weighted by Gasteiger charge is -2.28. The Morgan fingerprint density at radius 3 is 2.21 bits per heavy atom. The molecule has 0 aliphatic carbocycles. The van der Waals surface area contributed by atoms with Crippen LogP contribution < -0.4 is 5.32 Å². The van der Waals surface area contributed by atoms with Crippen molar-refractivity contribution in [2.24, 2.45) is 5.92 Å². The Morgan fingerprint density at radius 1 is 0.921 bits per heavy atom. The van der Waals surface area contributed by atoms with Crippen molar-refractivity contribution in [2.75, 3.05) is 13.7 Å². The van der Waals surface area contributed by atoms with Gasteiger partial charge in [0.15, 0.2) is 0 Å². The Balaban J connectivity index is 1.43. The third kappa shape index (κ3) is 4.94. The van der Waals surface area contributed by atoms with Crippen LogP contribution in [-0.2, 0) is 36.0 Å². The number of hydrogen-bond donors (Lipinski definition) is 1. The van der Waals surface area contributed by atoms with Crippen LogP contribution in [0.25, 0.3) is 0 Å². The van der Waals surface area contributed by atoms with E-state index in [0.717, 1.165) is 16.7 Å². The zero-order valence-electron chi connectivity index (χ0n) is 21.4. The fraction of sp³-hybridized carbons (Fsp3) is 0.323. The van der Waals surface area contributed by atoms with E-state index in [1.54, 1.807) is 4.90 Å². The molecule has 0 unspecified atom stereocenters. The molecule has 2 heterocycles. The molecule has 1 amide bonds. The van der Waals surface area contributed by atoms with Gasteiger partial charge in [-0.3, -0.25) is 10.1 Å². The maximum atomic E-state index is 14.2. The fourth-order valence-corrected chi connectivity index (χ4v) is 5.75. The van der Waals surface area contributed by atoms with E-state index in [2.05, 4.69) is 5.32 Å². The SMILES string of the molecule is COC(=O)[C@@]1(c2ccccc2)C[C@@H](C(=O)N2CCC[C@H]2C(=O)OCc2ccccc2)[C@@H](c2ccccc2)N1. The van der Waals surface area contributed by atoms with Gasteiger partial charge >= 0.3 is 11.9 Å². The first kappa shape index (κ1) is 25.7. The standard InChI is InChI=1S/C31H32N2O5/c1-37-30(36)31(24-16-9-4-10-17-24)20-25(27(32-31)23-14-7-3-8-15-23)28(34)33-19-11-18-26(33)29(35)38-21-22-12-5-2-6-13-22/h2-10,12-17,25-27,32H,11,18-21H2,1H3/t25-,26+,27-,31+/m1/s1. The quantitative estimate of drug-likeness (QED) is 0.479. The van der Waals surface area contributed by atoms with E-state index in [1.165, 1.54) is 7.11 Å². The van der Waals surface area contributed by atoms with Crippen molar-refractivity contribution >= 4 is 17.8 Å². The number of hydrogen-bond acceptors (Lipinski definition) is 6. The number of esters is 2. The van der Waals surface area contributed by atoms with E-state index < -0.39 is 35.5 Å². The van der Waals surface area contributed by atoms with Gasteiger partial charge in [0, 0.05) is 12.6 Å². The highest BCUT2D eigenvalue weighted by atomic mass is 16.5. The summed E-state index contributed by atoms with van der Waals surface area (Å²) in [6.07, 6.45) is 1.48. The van der Waals surface area contributed by atoms with Crippen LogP contribution in [0.15, 0.2) is 91.0 Å². The summed E-state index contributed by atoms with van der Waals surface area (Å²) in [7, 11) is 1.36. The molecule has 5 rings (SSSR count). The van der Waals surface area contributed by atoms with Gasteiger partial charge in [-0.25, -0.2) is 9.59 Å². The van der Waals surface area contributed by atoms with Gasteiger partial charge in [-0.05, 0) is 36.0 Å². The summed E-state index contributed by atoms with van der Waals surface area (Å²) in [4.78, 5) is 42.2. The predicted molar refractivity (Wildman–Crippen MR) is 142 cm³/mol. The Kier molecular flexibility index (Phi) is 7.56. The van der Waals surface area contributed by atoms with E-state index >= 15 is 0 Å². The first-order chi connectivity index (χ1) is 18.5. The summed E-state index contributed by atoms with van der Waals surface area (Å²) in [5.74, 6) is -1.59. The van der Waals surface area contributed by atoms with Crippen molar-refractivity contribution in [3.63, 3.8) is 0 Å². The molecule has 2 aliphatic heterocycles. The smallest absolute Gasteiger partial charge is 0.330 e. The summed E-state index contributed by atoms with van der Waals surface area (Å²) in [5, 5.41) is 3.49. The minimum atomic E-state index is -1.19. The molecule has 0 spiro atoms. The number of methoxy groups -OCH3 is 1. The summed E-state index contributed by atoms with van der Waals surface area (Å²) < 4.78 is 10.9. The van der Waals surface area contributed by atoms with Gasteiger partial charge in [0.25, 0.3) is 0 Å². The maximum absolute atomic E-state index is 14.2. The van der Waals surface area contributed by atoms with Gasteiger partial charge in [-0.1, -0.05) is 91.0 Å². The molecule has 0 saturated carbocycles. The van der Waals surface area contributed by atoms with Gasteiger partial charge in [0.05, 0.1) is 13.0 Å². The molecule has 196 valence electrons. The highest BCUT2D eigenvalue weighted by molar-refractivity contribution is 5.90. The topological polar surface area (TPSA) is 84.9 Å². The van der Waals surface area contributed by atoms with Gasteiger partial charge in [0.2, 0.25) is 5.91 Å². The van der Waals surface area contributed by atoms with Crippen molar-refractivity contribution in [1.82, 2.24) is 10.2 Å². The second-order valence-electron chi connectivity index (χ2n) is 9.89. The first-order valence-electron chi connectivity index (χ1n) is 13.0. The van der Waals surface area contributed by atoms with Crippen LogP contribution in [0.1, 0.15) is 42.0 Å². The summed E-state index contributed by atoms with van der Waals surface area (Å²) in [6.45, 7) is 0.633. The molecule has 1 N–H and O–H groups in total. The fourth-order valence-electron chi connectivity index (χ4n) is 5.75. The predicted octanol–water partition coefficient (Wildman–Crippen LogP) is 4.14. The molecule has 3 aromatic carbocycles. The lowest BCUT2D eigenvalue weighted by Crippen LogP contribution is -2.46. The van der Waals surface area contributed by atoms with Crippen LogP contribution in [0.2, 0.25) is 0 Å². The Morgan fingerprint density at radius 2 is 1.55 bits per heavy atom. The Labute approximate surface area is 222 Å². The van der Waals surface area contributed by atoms with Gasteiger partial charge in [0.1, 0.15) is 18.2 Å². The van der Waals surface area contributed by atoms with Crippen LogP contribution >= 0.6 is 0 Å². The molecule has 0 bridgehead atoms. The molecule has 3 aromatic rings. The minimum absolute atomic E-state index is 0.160. The third-order valence-corrected chi connectivity index (χ3v) is 7.64. The third-order valence-electron chi connectivity index (χ3n) is 7.64. The summed E-state index contributed by atoms with van der Waals surface area (Å²) >= 11 is 0. The number of nitrogens with zero attached hydrogens (tertiary/aromatic N) is 1. The van der Waals surface area contributed by atoms with Crippen molar-refractivity contribution in [3.8, 4) is 0 Å². The number of carbonyl (C=O) groups is 3. The van der Waals surface area contributed by atoms with E-state index in [1.807, 2.05) is 91.0 Å². The zero-order chi connectivity index (χ0) is 26.5. The lowest BCUT2D eigenvalue weighted by molar-refractivity contribution is -0.156. The molecular formula is C31H32N2O5. The first-order valence-corrected chi connectivity index (χ1v) is 13.0. The molecule has 7 heteroatoms. The van der Waals surface area contributed by atoms with Crippen LogP contribution in [-0.4, -0.2) is 42.4 Å². The molecule has 4 atom stereocenters. The molecule has 2 aliphatic rings. The molecule has 2 fully saturated rings.